The minimum Gasteiger partial charge on any atom is -0.457 e. The minimum absolute atomic E-state index is 0.139. The van der Waals surface area contributed by atoms with E-state index in [2.05, 4.69) is 22.1 Å². The predicted molar refractivity (Wildman–Crippen MR) is 136 cm³/mol. The van der Waals surface area contributed by atoms with Crippen LogP contribution in [0, 0.1) is 0 Å². The first-order valence-corrected chi connectivity index (χ1v) is 10.7. The Kier molecular flexibility index (Phi) is 6.54. The van der Waals surface area contributed by atoms with E-state index in [0.717, 1.165) is 27.7 Å². The van der Waals surface area contributed by atoms with E-state index < -0.39 is 0 Å². The van der Waals surface area contributed by atoms with Crippen LogP contribution in [0.15, 0.2) is 91.2 Å². The lowest BCUT2D eigenvalue weighted by atomic mass is 10.0. The van der Waals surface area contributed by atoms with E-state index in [-0.39, 0.29) is 5.91 Å². The molecule has 7 nitrogen and oxygen atoms in total. The summed E-state index contributed by atoms with van der Waals surface area (Å²) in [6.45, 7) is 5.65. The Balaban J connectivity index is 1.74. The number of carbonyl (C=O) groups is 1. The first kappa shape index (κ1) is 22.5. The van der Waals surface area contributed by atoms with Crippen LogP contribution in [0.3, 0.4) is 0 Å². The molecule has 170 valence electrons. The number of nitrogens with zero attached hydrogens (tertiary/aromatic N) is 2. The molecule has 4 aromatic rings. The van der Waals surface area contributed by atoms with Crippen LogP contribution in [0.1, 0.15) is 17.3 Å². The summed E-state index contributed by atoms with van der Waals surface area (Å²) in [5.74, 6) is 1.61. The van der Waals surface area contributed by atoms with Gasteiger partial charge in [-0.3, -0.25) is 9.89 Å². The number of nitrogen functional groups attached to an aromatic ring is 1. The van der Waals surface area contributed by atoms with Crippen LogP contribution in [0.25, 0.3) is 33.4 Å². The molecule has 0 spiro atoms. The topological polar surface area (TPSA) is 106 Å². The van der Waals surface area contributed by atoms with Gasteiger partial charge < -0.3 is 15.8 Å². The van der Waals surface area contributed by atoms with Crippen LogP contribution < -0.4 is 15.8 Å². The maximum Gasteiger partial charge on any atom is 0.251 e. The number of allylic oxidation sites excluding steroid dienone is 4. The number of anilines is 1. The van der Waals surface area contributed by atoms with Crippen LogP contribution >= 0.6 is 0 Å². The van der Waals surface area contributed by atoms with Crippen molar-refractivity contribution in [2.45, 2.75) is 6.92 Å². The number of rotatable bonds is 7. The van der Waals surface area contributed by atoms with Gasteiger partial charge in [0.1, 0.15) is 11.5 Å². The first-order chi connectivity index (χ1) is 16.5. The van der Waals surface area contributed by atoms with Gasteiger partial charge in [-0.1, -0.05) is 30.9 Å². The van der Waals surface area contributed by atoms with E-state index in [4.69, 9.17) is 15.5 Å². The second kappa shape index (κ2) is 9.87. The molecule has 1 amide bonds. The number of benzene rings is 2. The Morgan fingerprint density at radius 2 is 1.82 bits per heavy atom. The third kappa shape index (κ3) is 4.59. The third-order valence-corrected chi connectivity index (χ3v) is 5.22. The maximum absolute atomic E-state index is 11.9. The van der Waals surface area contributed by atoms with Crippen molar-refractivity contribution >= 4 is 22.6 Å². The number of nitrogens with two attached hydrogens (primary N) is 1. The molecule has 0 bridgehead atoms. The molecule has 0 aliphatic carbocycles. The molecule has 0 fully saturated rings. The van der Waals surface area contributed by atoms with E-state index in [1.165, 1.54) is 0 Å². The molecule has 0 saturated carbocycles. The number of pyridine rings is 1. The highest BCUT2D eigenvalue weighted by Gasteiger charge is 2.15. The van der Waals surface area contributed by atoms with Crippen molar-refractivity contribution in [2.75, 3.05) is 12.8 Å². The molecule has 34 heavy (non-hydrogen) atoms. The second-order valence-corrected chi connectivity index (χ2v) is 7.48. The van der Waals surface area contributed by atoms with Gasteiger partial charge in [-0.15, -0.1) is 0 Å². The summed E-state index contributed by atoms with van der Waals surface area (Å²) >= 11 is 0. The number of aromatic amines is 1. The number of fused-ring (bicyclic) bond motifs is 1. The smallest absolute Gasteiger partial charge is 0.251 e. The lowest BCUT2D eigenvalue weighted by Crippen LogP contribution is -2.17. The predicted octanol–water partition coefficient (Wildman–Crippen LogP) is 5.26. The zero-order valence-corrected chi connectivity index (χ0v) is 19.0. The Bertz CT molecular complexity index is 1400. The molecule has 0 aliphatic heterocycles. The van der Waals surface area contributed by atoms with Gasteiger partial charge in [0.2, 0.25) is 0 Å². The molecular formula is C27H25N5O2. The van der Waals surface area contributed by atoms with Crippen molar-refractivity contribution in [3.05, 3.63) is 96.8 Å². The molecule has 0 unspecified atom stereocenters. The van der Waals surface area contributed by atoms with E-state index in [1.54, 1.807) is 31.3 Å². The summed E-state index contributed by atoms with van der Waals surface area (Å²) < 4.78 is 5.92. The number of hydrogen-bond acceptors (Lipinski definition) is 5. The number of aromatic nitrogens is 3. The fourth-order valence-corrected chi connectivity index (χ4v) is 3.58. The maximum atomic E-state index is 11.9. The Labute approximate surface area is 197 Å². The Morgan fingerprint density at radius 3 is 2.47 bits per heavy atom. The van der Waals surface area contributed by atoms with Gasteiger partial charge >= 0.3 is 0 Å². The van der Waals surface area contributed by atoms with E-state index in [9.17, 15) is 4.79 Å². The lowest BCUT2D eigenvalue weighted by molar-refractivity contribution is 0.0963. The molecule has 2 aromatic carbocycles. The Morgan fingerprint density at radius 1 is 1.12 bits per heavy atom. The fourth-order valence-electron chi connectivity index (χ4n) is 3.58. The highest BCUT2D eigenvalue weighted by atomic mass is 16.5. The van der Waals surface area contributed by atoms with Gasteiger partial charge in [-0.25, -0.2) is 4.98 Å². The largest absolute Gasteiger partial charge is 0.457 e. The third-order valence-electron chi connectivity index (χ3n) is 5.22. The molecule has 0 atom stereocenters. The van der Waals surface area contributed by atoms with Crippen LogP contribution in [-0.2, 0) is 0 Å². The first-order valence-electron chi connectivity index (χ1n) is 10.7. The molecule has 0 radical (unpaired) electrons. The zero-order valence-electron chi connectivity index (χ0n) is 19.0. The SMILES string of the molecule is C=C/C=C(\C=C/C)Oc1ccc(-c2nc(-c3ccc(C(=O)NC)cc3)cc3[nH]nc(N)c23)cc1. The molecule has 4 rings (SSSR count). The van der Waals surface area contributed by atoms with Gasteiger partial charge in [-0.2, -0.15) is 5.10 Å². The molecule has 4 N–H and O–H groups in total. The molecule has 2 heterocycles. The highest BCUT2D eigenvalue weighted by molar-refractivity contribution is 6.01. The average molecular weight is 452 g/mol. The number of H-pyrrole nitrogens is 1. The summed E-state index contributed by atoms with van der Waals surface area (Å²) in [6, 6.07) is 16.8. The van der Waals surface area contributed by atoms with Crippen LogP contribution in [-0.4, -0.2) is 28.1 Å². The zero-order chi connectivity index (χ0) is 24.1. The number of carbonyl (C=O) groups excluding carboxylic acids is 1. The van der Waals surface area contributed by atoms with Crippen LogP contribution in [0.2, 0.25) is 0 Å². The van der Waals surface area contributed by atoms with E-state index >= 15 is 0 Å². The van der Waals surface area contributed by atoms with Gasteiger partial charge in [0.05, 0.1) is 22.3 Å². The second-order valence-electron chi connectivity index (χ2n) is 7.48. The molecular weight excluding hydrogens is 426 g/mol. The van der Waals surface area contributed by atoms with Crippen LogP contribution in [0.5, 0.6) is 5.75 Å². The molecule has 7 heteroatoms. The Hall–Kier alpha value is -4.65. The average Bonchev–Trinajstić information content (AvgIpc) is 3.24. The fraction of sp³-hybridized carbons (Fsp3) is 0.0741. The molecule has 2 aromatic heterocycles. The van der Waals surface area contributed by atoms with Crippen molar-refractivity contribution in [3.8, 4) is 28.3 Å². The number of hydrogen-bond donors (Lipinski definition) is 3. The monoisotopic (exact) mass is 451 g/mol. The van der Waals surface area contributed by atoms with Crippen molar-refractivity contribution in [3.63, 3.8) is 0 Å². The van der Waals surface area contributed by atoms with E-state index in [1.807, 2.05) is 61.5 Å². The summed E-state index contributed by atoms with van der Waals surface area (Å²) in [5.41, 5.74) is 10.7. The summed E-state index contributed by atoms with van der Waals surface area (Å²) in [5, 5.41) is 10.5. The highest BCUT2D eigenvalue weighted by Crippen LogP contribution is 2.34. The summed E-state index contributed by atoms with van der Waals surface area (Å²) in [6.07, 6.45) is 7.24. The number of ether oxygens (including phenoxy) is 1. The van der Waals surface area contributed by atoms with Crippen molar-refractivity contribution in [1.82, 2.24) is 20.5 Å². The van der Waals surface area contributed by atoms with Crippen molar-refractivity contribution < 1.29 is 9.53 Å². The van der Waals surface area contributed by atoms with Gasteiger partial charge in [-0.05, 0) is 61.5 Å². The van der Waals surface area contributed by atoms with Gasteiger partial charge in [0.25, 0.3) is 5.91 Å². The normalized spacial score (nSPS) is 11.6. The summed E-state index contributed by atoms with van der Waals surface area (Å²) in [7, 11) is 1.61. The van der Waals surface area contributed by atoms with Gasteiger partial charge in [0.15, 0.2) is 5.82 Å². The van der Waals surface area contributed by atoms with Crippen molar-refractivity contribution in [1.29, 1.82) is 0 Å². The standard InChI is InChI=1S/C27H25N5O2/c1-4-6-20(7-5-2)34-21-14-12-18(13-15-21)25-24-23(31-32-26(24)28)16-22(30-25)17-8-10-19(11-9-17)27(33)29-3/h4-16H,1H2,2-3H3,(H,29,33)(H3,28,31,32)/b7-5-,20-6+. The summed E-state index contributed by atoms with van der Waals surface area (Å²) in [4.78, 5) is 16.8. The van der Waals surface area contributed by atoms with Crippen molar-refractivity contribution in [2.24, 2.45) is 0 Å². The van der Waals surface area contributed by atoms with Gasteiger partial charge in [0, 0.05) is 23.7 Å². The molecule has 0 aliphatic rings. The van der Waals surface area contributed by atoms with Crippen LogP contribution in [0.4, 0.5) is 5.82 Å². The molecule has 0 saturated heterocycles. The lowest BCUT2D eigenvalue weighted by Gasteiger charge is -2.10. The number of amides is 1. The minimum atomic E-state index is -0.139. The van der Waals surface area contributed by atoms with E-state index in [0.29, 0.717) is 28.6 Å². The quantitative estimate of drug-likeness (QED) is 0.263. The number of nitrogens with one attached hydrogen (secondary N) is 2.